The van der Waals surface area contributed by atoms with Gasteiger partial charge in [-0.05, 0) is 45.0 Å². The van der Waals surface area contributed by atoms with Gasteiger partial charge in [0.15, 0.2) is 0 Å². The van der Waals surface area contributed by atoms with Gasteiger partial charge in [-0.1, -0.05) is 19.9 Å². The van der Waals surface area contributed by atoms with E-state index in [1.165, 1.54) is 12.0 Å². The van der Waals surface area contributed by atoms with Gasteiger partial charge in [-0.3, -0.25) is 0 Å². The lowest BCUT2D eigenvalue weighted by molar-refractivity contribution is 0.318. The summed E-state index contributed by atoms with van der Waals surface area (Å²) >= 11 is 0. The van der Waals surface area contributed by atoms with Gasteiger partial charge in [0.25, 0.3) is 0 Å². The highest BCUT2D eigenvalue weighted by molar-refractivity contribution is 5.16. The Hall–Kier alpha value is -1.06. The molecular weight excluding hydrogens is 236 g/mol. The van der Waals surface area contributed by atoms with Crippen LogP contribution in [0.4, 0.5) is 0 Å². The van der Waals surface area contributed by atoms with Crippen molar-refractivity contribution in [2.75, 3.05) is 20.1 Å². The molecule has 0 spiro atoms. The van der Waals surface area contributed by atoms with Crippen molar-refractivity contribution in [3.05, 3.63) is 36.3 Å². The van der Waals surface area contributed by atoms with Crippen LogP contribution in [0.2, 0.25) is 0 Å². The first-order valence-electron chi connectivity index (χ1n) is 7.19. The third-order valence-electron chi connectivity index (χ3n) is 3.06. The predicted molar refractivity (Wildman–Crippen MR) is 81.0 cm³/mol. The van der Waals surface area contributed by atoms with Crippen molar-refractivity contribution in [1.82, 2.24) is 10.2 Å². The van der Waals surface area contributed by atoms with Gasteiger partial charge in [0.2, 0.25) is 0 Å². The Morgan fingerprint density at radius 3 is 2.95 bits per heavy atom. The highest BCUT2D eigenvalue weighted by Crippen LogP contribution is 2.13. The fourth-order valence-electron chi connectivity index (χ4n) is 2.01. The minimum Gasteiger partial charge on any atom is -0.468 e. The summed E-state index contributed by atoms with van der Waals surface area (Å²) in [5.41, 5.74) is 1.29. The van der Waals surface area contributed by atoms with E-state index in [0.717, 1.165) is 38.4 Å². The number of nitrogens with one attached hydrogen (secondary N) is 1. The van der Waals surface area contributed by atoms with Crippen molar-refractivity contribution in [3.63, 3.8) is 0 Å². The lowest BCUT2D eigenvalue weighted by atomic mass is 10.2. The first-order chi connectivity index (χ1) is 9.13. The van der Waals surface area contributed by atoms with E-state index in [1.54, 1.807) is 6.26 Å². The summed E-state index contributed by atoms with van der Waals surface area (Å²) in [7, 11) is 2.15. The number of furan rings is 1. The van der Waals surface area contributed by atoms with Crippen molar-refractivity contribution in [1.29, 1.82) is 0 Å². The average molecular weight is 264 g/mol. The largest absolute Gasteiger partial charge is 0.468 e. The lowest BCUT2D eigenvalue weighted by Gasteiger charge is -2.16. The van der Waals surface area contributed by atoms with Crippen LogP contribution in [0, 0.1) is 5.92 Å². The van der Waals surface area contributed by atoms with Gasteiger partial charge >= 0.3 is 0 Å². The Morgan fingerprint density at radius 2 is 2.26 bits per heavy atom. The molecule has 3 nitrogen and oxygen atoms in total. The van der Waals surface area contributed by atoms with E-state index in [-0.39, 0.29) is 0 Å². The Bertz CT molecular complexity index is 357. The molecule has 0 aliphatic heterocycles. The normalized spacial score (nSPS) is 11.4. The summed E-state index contributed by atoms with van der Waals surface area (Å²) in [6.07, 6.45) is 6.02. The van der Waals surface area contributed by atoms with E-state index in [4.69, 9.17) is 4.42 Å². The molecule has 3 heteroatoms. The zero-order valence-electron chi connectivity index (χ0n) is 12.6. The predicted octanol–water partition coefficient (Wildman–Crippen LogP) is 3.42. The molecule has 0 bridgehead atoms. The molecule has 0 aromatic carbocycles. The topological polar surface area (TPSA) is 28.4 Å². The molecule has 0 unspecified atom stereocenters. The highest BCUT2D eigenvalue weighted by atomic mass is 16.3. The summed E-state index contributed by atoms with van der Waals surface area (Å²) in [6.45, 7) is 12.1. The lowest BCUT2D eigenvalue weighted by Crippen LogP contribution is -2.22. The molecular formula is C16H28N2O. The zero-order chi connectivity index (χ0) is 14.1. The average Bonchev–Trinajstić information content (AvgIpc) is 2.76. The molecule has 0 radical (unpaired) electrons. The summed E-state index contributed by atoms with van der Waals surface area (Å²) in [5, 5.41) is 3.43. The highest BCUT2D eigenvalue weighted by Gasteiger charge is 2.08. The van der Waals surface area contributed by atoms with Crippen LogP contribution in [0.15, 0.2) is 29.4 Å². The van der Waals surface area contributed by atoms with Crippen molar-refractivity contribution >= 4 is 0 Å². The van der Waals surface area contributed by atoms with Gasteiger partial charge in [0.1, 0.15) is 5.76 Å². The molecule has 0 saturated carbocycles. The van der Waals surface area contributed by atoms with Crippen LogP contribution < -0.4 is 5.32 Å². The SMILES string of the molecule is C=CCCCN(C)Cc1ccoc1CNCC(C)C. The standard InChI is InChI=1S/C16H28N2O/c1-5-6-7-9-18(4)13-15-8-10-19-16(15)12-17-11-14(2)3/h5,8,10,14,17H,1,6-7,9,11-13H2,2-4H3. The minimum atomic E-state index is 0.667. The van der Waals surface area contributed by atoms with E-state index >= 15 is 0 Å². The van der Waals surface area contributed by atoms with Gasteiger partial charge in [0.05, 0.1) is 12.8 Å². The van der Waals surface area contributed by atoms with Gasteiger partial charge < -0.3 is 14.6 Å². The molecule has 1 rings (SSSR count). The van der Waals surface area contributed by atoms with E-state index in [1.807, 2.05) is 6.08 Å². The third-order valence-corrected chi connectivity index (χ3v) is 3.06. The maximum atomic E-state index is 5.57. The zero-order valence-corrected chi connectivity index (χ0v) is 12.6. The van der Waals surface area contributed by atoms with Crippen LogP contribution in [0.5, 0.6) is 0 Å². The number of hydrogen-bond donors (Lipinski definition) is 1. The molecule has 0 atom stereocenters. The molecule has 1 aromatic heterocycles. The van der Waals surface area contributed by atoms with Crippen molar-refractivity contribution < 1.29 is 4.42 Å². The van der Waals surface area contributed by atoms with Gasteiger partial charge in [-0.15, -0.1) is 6.58 Å². The minimum absolute atomic E-state index is 0.667. The third kappa shape index (κ3) is 6.60. The summed E-state index contributed by atoms with van der Waals surface area (Å²) in [4.78, 5) is 2.33. The smallest absolute Gasteiger partial charge is 0.122 e. The number of hydrogen-bond acceptors (Lipinski definition) is 3. The number of allylic oxidation sites excluding steroid dienone is 1. The number of rotatable bonds is 10. The fraction of sp³-hybridized carbons (Fsp3) is 0.625. The maximum absolute atomic E-state index is 5.57. The second-order valence-electron chi connectivity index (χ2n) is 5.56. The Kier molecular flexibility index (Phi) is 7.53. The monoisotopic (exact) mass is 264 g/mol. The van der Waals surface area contributed by atoms with E-state index in [0.29, 0.717) is 5.92 Å². The van der Waals surface area contributed by atoms with Crippen LogP contribution in [-0.2, 0) is 13.1 Å². The van der Waals surface area contributed by atoms with Crippen molar-refractivity contribution in [2.24, 2.45) is 5.92 Å². The maximum Gasteiger partial charge on any atom is 0.122 e. The molecule has 1 heterocycles. The molecule has 1 aromatic rings. The van der Waals surface area contributed by atoms with Gasteiger partial charge in [-0.25, -0.2) is 0 Å². The molecule has 108 valence electrons. The fourth-order valence-corrected chi connectivity index (χ4v) is 2.01. The number of unbranched alkanes of at least 4 members (excludes halogenated alkanes) is 1. The van der Waals surface area contributed by atoms with E-state index in [9.17, 15) is 0 Å². The van der Waals surface area contributed by atoms with Gasteiger partial charge in [-0.2, -0.15) is 0 Å². The van der Waals surface area contributed by atoms with E-state index in [2.05, 4.69) is 43.8 Å². The second kappa shape index (κ2) is 8.94. The Balaban J connectivity index is 2.36. The molecule has 1 N–H and O–H groups in total. The summed E-state index contributed by atoms with van der Waals surface area (Å²) < 4.78 is 5.57. The van der Waals surface area contributed by atoms with Crippen LogP contribution in [0.25, 0.3) is 0 Å². The Morgan fingerprint density at radius 1 is 1.47 bits per heavy atom. The van der Waals surface area contributed by atoms with Crippen LogP contribution in [0.1, 0.15) is 38.0 Å². The molecule has 0 amide bonds. The van der Waals surface area contributed by atoms with Gasteiger partial charge in [0, 0.05) is 12.1 Å². The van der Waals surface area contributed by atoms with Crippen molar-refractivity contribution in [2.45, 2.75) is 39.8 Å². The molecule has 19 heavy (non-hydrogen) atoms. The van der Waals surface area contributed by atoms with E-state index < -0.39 is 0 Å². The molecule has 0 aliphatic carbocycles. The Labute approximate surface area is 117 Å². The first-order valence-corrected chi connectivity index (χ1v) is 7.19. The first kappa shape index (κ1) is 16.0. The van der Waals surface area contributed by atoms with Crippen LogP contribution in [0.3, 0.4) is 0 Å². The number of nitrogens with zero attached hydrogens (tertiary/aromatic N) is 1. The van der Waals surface area contributed by atoms with Crippen molar-refractivity contribution in [3.8, 4) is 0 Å². The molecule has 0 fully saturated rings. The van der Waals surface area contributed by atoms with Crippen LogP contribution >= 0.6 is 0 Å². The quantitative estimate of drug-likeness (QED) is 0.518. The second-order valence-corrected chi connectivity index (χ2v) is 5.56. The summed E-state index contributed by atoms with van der Waals surface area (Å²) in [5.74, 6) is 1.73. The molecule has 0 aliphatic rings. The molecule has 0 saturated heterocycles. The summed E-state index contributed by atoms with van der Waals surface area (Å²) in [6, 6.07) is 2.08. The van der Waals surface area contributed by atoms with Crippen LogP contribution in [-0.4, -0.2) is 25.0 Å².